The number of phosphoric ester groups is 1. The number of nitrogens with zero attached hydrogens (tertiary/aromatic N) is 3. The van der Waals surface area contributed by atoms with Crippen molar-refractivity contribution in [2.24, 2.45) is 11.5 Å². The van der Waals surface area contributed by atoms with Crippen molar-refractivity contribution in [2.75, 3.05) is 33.0 Å². The first-order chi connectivity index (χ1) is 48.4. The smallest absolute Gasteiger partial charge is 0.404 e. The minimum Gasteiger partial charge on any atom is -0.756 e. The lowest BCUT2D eigenvalue weighted by Crippen LogP contribution is -2.70. The highest BCUT2D eigenvalue weighted by molar-refractivity contribution is 7.45. The molecule has 0 bridgehead atoms. The minimum atomic E-state index is -5.57. The molecule has 556 valence electrons. The number of hydrogen-bond acceptors (Lipinski definition) is 29. The number of phenols is 2. The van der Waals surface area contributed by atoms with Gasteiger partial charge in [-0.05, 0) is 42.8 Å². The second kappa shape index (κ2) is 35.6. The van der Waals surface area contributed by atoms with Gasteiger partial charge in [0.05, 0.1) is 44.7 Å². The van der Waals surface area contributed by atoms with Gasteiger partial charge in [0.25, 0.3) is 13.7 Å². The van der Waals surface area contributed by atoms with E-state index < -0.39 is 167 Å². The van der Waals surface area contributed by atoms with Crippen LogP contribution in [0.1, 0.15) is 147 Å². The number of amides is 5. The fraction of sp³-hybridized carbons (Fsp3) is 0.600. The number of fused-ring (bicyclic) bond motifs is 6. The molecule has 6 heterocycles. The first kappa shape index (κ1) is 77.6. The number of aromatic hydroxyl groups is 2. The van der Waals surface area contributed by atoms with Crippen molar-refractivity contribution >= 4 is 43.5 Å². The number of nitrogens with one attached hydrogen (secondary N) is 3. The van der Waals surface area contributed by atoms with Crippen molar-refractivity contribution in [1.29, 1.82) is 0 Å². The standard InChI is InChI=1S/C65H89N8O27P/c1-3-4-5-6-7-8-9-10-11-12-13-14-15-16-23-90-24-25-91-101(88,89)100-63-57(55(98-64(67)87)53(83)56(96-63)58(66)84)97-62-49(69-34(2)76)52(82)54(46(33-75)94-62)95-61-48(51(81)50(80)45(32-74)93-61)70-47(79)31-73-30-36(71-72-73)29-68-59(85)35-17-20-40-39(26-35)60(86)99-65(40)41-21-18-37(77)27-43(41)92-44-28-38(78)19-22-42(44)65/h17-22,26-28,30,45-46,48-57,61-63,74-75,77-78,80-83H,3-16,23-25,29,31-33H2,1-2H3,(H2,66,84)(H2,67,87)(H,68,85)(H,69,76)(H,70,79)(H,88,89)/p-1/t45?,46?,48?,49?,50-,51+,52+,53-,54+,55-,56?,57?,61-,62-,63+/m0/s1. The summed E-state index contributed by atoms with van der Waals surface area (Å²) in [7, 11) is -5.57. The number of unbranched alkanes of at least 4 members (excludes halogenated alkanes) is 13. The second-order valence-electron chi connectivity index (χ2n) is 25.1. The Morgan fingerprint density at radius 3 is 1.86 bits per heavy atom. The average Bonchev–Trinajstić information content (AvgIpc) is 1.60. The molecule has 36 heteroatoms. The molecule has 101 heavy (non-hydrogen) atoms. The van der Waals surface area contributed by atoms with E-state index in [0.29, 0.717) is 29.7 Å². The maximum Gasteiger partial charge on any atom is 0.404 e. The molecule has 0 radical (unpaired) electrons. The molecule has 35 nitrogen and oxygen atoms in total. The number of aliphatic hydroxyl groups is 6. The molecular formula is C65H88N8O27P-. The van der Waals surface area contributed by atoms with Crippen molar-refractivity contribution in [1.82, 2.24) is 30.9 Å². The number of aromatic nitrogens is 3. The summed E-state index contributed by atoms with van der Waals surface area (Å²) in [5.41, 5.74) is 10.5. The fourth-order valence-electron chi connectivity index (χ4n) is 12.8. The Labute approximate surface area is 579 Å². The molecule has 0 saturated carbocycles. The molecule has 15 N–H and O–H groups in total. The van der Waals surface area contributed by atoms with Crippen LogP contribution in [0.25, 0.3) is 0 Å². The topological polar surface area (TPSA) is 525 Å². The number of phosphoric acid groups is 1. The van der Waals surface area contributed by atoms with Crippen molar-refractivity contribution in [2.45, 2.75) is 214 Å². The zero-order valence-electron chi connectivity index (χ0n) is 55.6. The zero-order valence-corrected chi connectivity index (χ0v) is 56.5. The van der Waals surface area contributed by atoms with E-state index in [-0.39, 0.29) is 53.0 Å². The number of benzene rings is 3. The number of rotatable bonds is 36. The molecule has 5 aliphatic rings. The zero-order chi connectivity index (χ0) is 72.7. The van der Waals surface area contributed by atoms with E-state index in [0.717, 1.165) is 37.3 Å². The Balaban J connectivity index is 0.814. The van der Waals surface area contributed by atoms with E-state index in [4.69, 9.17) is 63.1 Å². The molecule has 1 aromatic heterocycles. The number of esters is 1. The first-order valence-corrected chi connectivity index (χ1v) is 35.0. The van der Waals surface area contributed by atoms with Crippen LogP contribution in [0.2, 0.25) is 0 Å². The molecule has 7 unspecified atom stereocenters. The van der Waals surface area contributed by atoms with Gasteiger partial charge < -0.3 is 120 Å². The summed E-state index contributed by atoms with van der Waals surface area (Å²) in [5.74, 6) is -4.68. The van der Waals surface area contributed by atoms with Gasteiger partial charge in [-0.25, -0.2) is 14.3 Å². The van der Waals surface area contributed by atoms with Gasteiger partial charge >= 0.3 is 12.1 Å². The molecule has 5 aliphatic heterocycles. The van der Waals surface area contributed by atoms with E-state index in [9.17, 15) is 79.1 Å². The second-order valence-corrected chi connectivity index (χ2v) is 26.5. The lowest BCUT2D eigenvalue weighted by atomic mass is 9.77. The Hall–Kier alpha value is -7.55. The number of primary amides is 2. The van der Waals surface area contributed by atoms with Crippen LogP contribution in [0, 0.1) is 0 Å². The molecule has 16 atom stereocenters. The number of nitrogens with two attached hydrogens (primary N) is 2. The highest BCUT2D eigenvalue weighted by Crippen LogP contribution is 2.57. The fourth-order valence-corrected chi connectivity index (χ4v) is 13.6. The van der Waals surface area contributed by atoms with Gasteiger partial charge in [0.15, 0.2) is 42.8 Å². The lowest BCUT2D eigenvalue weighted by Gasteiger charge is -2.50. The summed E-state index contributed by atoms with van der Waals surface area (Å²) in [5, 5.41) is 103. The number of carbonyl (C=O) groups excluding carboxylic acids is 6. The van der Waals surface area contributed by atoms with E-state index in [2.05, 4.69) is 33.2 Å². The number of ether oxygens (including phenoxy) is 9. The number of carbonyl (C=O) groups is 6. The summed E-state index contributed by atoms with van der Waals surface area (Å²) in [4.78, 5) is 92.4. The molecule has 5 amide bonds. The monoisotopic (exact) mass is 1440 g/mol. The summed E-state index contributed by atoms with van der Waals surface area (Å²) in [6.45, 7) is -0.310. The van der Waals surface area contributed by atoms with Gasteiger partial charge in [-0.1, -0.05) is 102 Å². The van der Waals surface area contributed by atoms with Gasteiger partial charge in [-0.2, -0.15) is 0 Å². The van der Waals surface area contributed by atoms with Crippen molar-refractivity contribution in [3.05, 3.63) is 94.3 Å². The number of phenolic OH excluding ortho intramolecular Hbond substituents is 2. The van der Waals surface area contributed by atoms with E-state index in [1.54, 1.807) is 0 Å². The molecule has 0 aliphatic carbocycles. The van der Waals surface area contributed by atoms with Gasteiger partial charge in [-0.15, -0.1) is 5.10 Å². The SMILES string of the molecule is CCCCCCCCCCCCCCCCOCCOP(=O)([O-])O[C@H]1OC(C(N)=O)[C@@H](O)[C@H](OC(N)=O)C1O[C@@H]1OC(CO)[C@@H](O[C@@H]2OC(CO)[C@H](O)[C@H](O)C2NC(=O)Cn2cc(CNC(=O)c3ccc4c(c3)C(=O)OC43c4ccc(O)cc4Oc4cc(O)ccc43)nn2)[C@H](O)C1NC(C)=O. The maximum absolute atomic E-state index is 13.8. The summed E-state index contributed by atoms with van der Waals surface area (Å²) < 4.78 is 76.9. The van der Waals surface area contributed by atoms with Crippen molar-refractivity contribution in [3.8, 4) is 23.0 Å². The van der Waals surface area contributed by atoms with Crippen LogP contribution in [0.15, 0.2) is 60.8 Å². The molecule has 1 spiro atoms. The molecule has 9 rings (SSSR count). The van der Waals surface area contributed by atoms with E-state index >= 15 is 0 Å². The highest BCUT2D eigenvalue weighted by atomic mass is 31.2. The predicted octanol–water partition coefficient (Wildman–Crippen LogP) is 0.499. The Bertz CT molecular complexity index is 3500. The van der Waals surface area contributed by atoms with Crippen LogP contribution in [0.5, 0.6) is 23.0 Å². The van der Waals surface area contributed by atoms with Crippen LogP contribution in [0.3, 0.4) is 0 Å². The summed E-state index contributed by atoms with van der Waals surface area (Å²) >= 11 is 0. The van der Waals surface area contributed by atoms with E-state index in [1.165, 1.54) is 119 Å². The molecule has 4 aromatic rings. The quantitative estimate of drug-likeness (QED) is 0.0167. The maximum atomic E-state index is 13.8. The summed E-state index contributed by atoms with van der Waals surface area (Å²) in [6, 6.07) is 9.15. The predicted molar refractivity (Wildman–Crippen MR) is 342 cm³/mol. The van der Waals surface area contributed by atoms with Crippen LogP contribution in [-0.2, 0) is 84.6 Å². The third-order valence-corrected chi connectivity index (χ3v) is 18.7. The number of hydrogen-bond donors (Lipinski definition) is 13. The van der Waals surface area contributed by atoms with E-state index in [1.807, 2.05) is 0 Å². The van der Waals surface area contributed by atoms with Crippen LogP contribution in [-0.4, -0.2) is 217 Å². The van der Waals surface area contributed by atoms with Gasteiger partial charge in [0.1, 0.15) is 90.0 Å². The van der Waals surface area contributed by atoms with Crippen LogP contribution < -0.4 is 37.0 Å². The Morgan fingerprint density at radius 1 is 0.683 bits per heavy atom. The van der Waals surface area contributed by atoms with Crippen molar-refractivity contribution in [3.63, 3.8) is 0 Å². The first-order valence-electron chi connectivity index (χ1n) is 33.5. The van der Waals surface area contributed by atoms with Crippen LogP contribution >= 0.6 is 7.82 Å². The number of aliphatic hydroxyl groups excluding tert-OH is 6. The van der Waals surface area contributed by atoms with Crippen LogP contribution in [0.4, 0.5) is 4.79 Å². The van der Waals surface area contributed by atoms with Gasteiger partial charge in [0.2, 0.25) is 17.7 Å². The third kappa shape index (κ3) is 19.2. The largest absolute Gasteiger partial charge is 0.756 e. The van der Waals surface area contributed by atoms with Crippen molar-refractivity contribution < 1.29 is 131 Å². The minimum absolute atomic E-state index is 0.0318. The normalized spacial score (nSPS) is 27.0. The van der Waals surface area contributed by atoms with Gasteiger partial charge in [-0.3, -0.25) is 28.3 Å². The Kier molecular flexibility index (Phi) is 27.3. The average molecular weight is 1440 g/mol. The molecule has 3 aromatic carbocycles. The summed E-state index contributed by atoms with van der Waals surface area (Å²) in [6.07, 6.45) is -11.1. The third-order valence-electron chi connectivity index (χ3n) is 17.8. The molecular weight excluding hydrogens is 1360 g/mol. The lowest BCUT2D eigenvalue weighted by molar-refractivity contribution is -0.361. The highest BCUT2D eigenvalue weighted by Gasteiger charge is 2.58. The Morgan fingerprint density at radius 2 is 1.27 bits per heavy atom. The van der Waals surface area contributed by atoms with Gasteiger partial charge in [0, 0.05) is 47.9 Å². The molecule has 3 saturated heterocycles. The molecule has 3 fully saturated rings.